The van der Waals surface area contributed by atoms with Crippen LogP contribution in [0.3, 0.4) is 0 Å². The van der Waals surface area contributed by atoms with Gasteiger partial charge in [-0.1, -0.05) is 0 Å². The monoisotopic (exact) mass is 281 g/mol. The molecule has 19 heavy (non-hydrogen) atoms. The van der Waals surface area contributed by atoms with Crippen LogP contribution < -0.4 is 9.64 Å². The van der Waals surface area contributed by atoms with Gasteiger partial charge >= 0.3 is 0 Å². The maximum absolute atomic E-state index is 12.2. The van der Waals surface area contributed by atoms with Crippen LogP contribution in [0.2, 0.25) is 0 Å². The molecule has 0 saturated heterocycles. The Bertz CT molecular complexity index is 545. The number of ether oxygens (including phenoxy) is 2. The highest BCUT2D eigenvalue weighted by molar-refractivity contribution is 8.03. The highest BCUT2D eigenvalue weighted by atomic mass is 32.2. The molecule has 0 radical (unpaired) electrons. The van der Waals surface area contributed by atoms with Gasteiger partial charge in [-0.05, 0) is 6.07 Å². The summed E-state index contributed by atoms with van der Waals surface area (Å²) in [5, 5.41) is 17.8. The number of anilines is 1. The largest absolute Gasteiger partial charge is 0.486 e. The standard InChI is InChI=1S/C11H11N3O4S/c1-17-7-3-2-6(12-13-7)14-10(15)8-9(11(14)16)19-5-4-18-8/h2-3,11,16H,4-5H2,1H3. The normalized spacial score (nSPS) is 22.3. The van der Waals surface area contributed by atoms with Crippen molar-refractivity contribution in [3.8, 4) is 5.88 Å². The molecular formula is C11H11N3O4S. The Kier molecular flexibility index (Phi) is 3.03. The predicted molar refractivity (Wildman–Crippen MR) is 67.5 cm³/mol. The van der Waals surface area contributed by atoms with Gasteiger partial charge in [-0.3, -0.25) is 9.69 Å². The molecule has 1 amide bonds. The second kappa shape index (κ2) is 4.71. The van der Waals surface area contributed by atoms with Gasteiger partial charge in [-0.15, -0.1) is 22.0 Å². The lowest BCUT2D eigenvalue weighted by molar-refractivity contribution is -0.118. The lowest BCUT2D eigenvalue weighted by Crippen LogP contribution is -2.36. The van der Waals surface area contributed by atoms with Crippen molar-refractivity contribution in [3.63, 3.8) is 0 Å². The Morgan fingerprint density at radius 2 is 2.37 bits per heavy atom. The van der Waals surface area contributed by atoms with Crippen molar-refractivity contribution in [3.05, 3.63) is 22.8 Å². The number of rotatable bonds is 2. The summed E-state index contributed by atoms with van der Waals surface area (Å²) in [6.45, 7) is 0.462. The van der Waals surface area contributed by atoms with Gasteiger partial charge in [-0.25, -0.2) is 0 Å². The molecule has 0 saturated carbocycles. The van der Waals surface area contributed by atoms with E-state index in [2.05, 4.69) is 10.2 Å². The van der Waals surface area contributed by atoms with Crippen molar-refractivity contribution in [2.75, 3.05) is 24.4 Å². The van der Waals surface area contributed by atoms with Crippen molar-refractivity contribution in [2.24, 2.45) is 0 Å². The third-order valence-corrected chi connectivity index (χ3v) is 3.86. The van der Waals surface area contributed by atoms with Crippen LogP contribution in [0.5, 0.6) is 5.88 Å². The summed E-state index contributed by atoms with van der Waals surface area (Å²) in [6.07, 6.45) is -1.06. The van der Waals surface area contributed by atoms with E-state index in [-0.39, 0.29) is 11.6 Å². The van der Waals surface area contributed by atoms with Gasteiger partial charge in [0.2, 0.25) is 5.88 Å². The number of carbonyl (C=O) groups is 1. The molecule has 2 aliphatic heterocycles. The molecule has 0 aromatic carbocycles. The van der Waals surface area contributed by atoms with Crippen LogP contribution in [-0.4, -0.2) is 46.9 Å². The van der Waals surface area contributed by atoms with Gasteiger partial charge in [-0.2, -0.15) is 0 Å². The third-order valence-electron chi connectivity index (χ3n) is 2.79. The van der Waals surface area contributed by atoms with Crippen LogP contribution in [0.4, 0.5) is 5.82 Å². The molecule has 7 nitrogen and oxygen atoms in total. The molecular weight excluding hydrogens is 270 g/mol. The number of carbonyl (C=O) groups excluding carboxylic acids is 1. The molecule has 0 bridgehead atoms. The van der Waals surface area contributed by atoms with E-state index in [1.807, 2.05) is 0 Å². The average Bonchev–Trinajstić information content (AvgIpc) is 2.72. The fraction of sp³-hybridized carbons (Fsp3) is 0.364. The minimum Gasteiger partial charge on any atom is -0.486 e. The van der Waals surface area contributed by atoms with Crippen molar-refractivity contribution in [1.82, 2.24) is 10.2 Å². The zero-order valence-corrected chi connectivity index (χ0v) is 10.9. The molecule has 0 aliphatic carbocycles. The van der Waals surface area contributed by atoms with Gasteiger partial charge in [0.25, 0.3) is 5.91 Å². The lowest BCUT2D eigenvalue weighted by atomic mass is 10.4. The number of thioether (sulfide) groups is 1. The zero-order valence-electron chi connectivity index (χ0n) is 10.1. The fourth-order valence-electron chi connectivity index (χ4n) is 1.91. The number of methoxy groups -OCH3 is 1. The third kappa shape index (κ3) is 1.92. The van der Waals surface area contributed by atoms with Crippen LogP contribution in [-0.2, 0) is 9.53 Å². The topological polar surface area (TPSA) is 84.8 Å². The summed E-state index contributed by atoms with van der Waals surface area (Å²) in [4.78, 5) is 13.9. The Morgan fingerprint density at radius 1 is 1.53 bits per heavy atom. The quantitative estimate of drug-likeness (QED) is 0.824. The average molecular weight is 281 g/mol. The summed E-state index contributed by atoms with van der Waals surface area (Å²) in [5.74, 6) is 1.13. The number of amides is 1. The SMILES string of the molecule is COc1ccc(N2C(=O)C3=C(SCCO3)C2O)nn1. The second-order valence-electron chi connectivity index (χ2n) is 3.87. The molecule has 1 N–H and O–H groups in total. The molecule has 1 aromatic rings. The first-order valence-electron chi connectivity index (χ1n) is 5.61. The van der Waals surface area contributed by atoms with E-state index in [1.54, 1.807) is 12.1 Å². The molecule has 8 heteroatoms. The minimum absolute atomic E-state index is 0.210. The van der Waals surface area contributed by atoms with Crippen molar-refractivity contribution in [2.45, 2.75) is 6.23 Å². The van der Waals surface area contributed by atoms with Gasteiger partial charge < -0.3 is 14.6 Å². The van der Waals surface area contributed by atoms with E-state index in [0.29, 0.717) is 23.1 Å². The van der Waals surface area contributed by atoms with Crippen molar-refractivity contribution in [1.29, 1.82) is 0 Å². The number of hydrogen-bond acceptors (Lipinski definition) is 7. The molecule has 3 heterocycles. The Morgan fingerprint density at radius 3 is 3.00 bits per heavy atom. The summed E-state index contributed by atoms with van der Waals surface area (Å²) in [6, 6.07) is 3.14. The first-order valence-corrected chi connectivity index (χ1v) is 6.60. The number of aromatic nitrogens is 2. The fourth-order valence-corrected chi connectivity index (χ4v) is 2.83. The zero-order chi connectivity index (χ0) is 13.4. The minimum atomic E-state index is -1.06. The first-order chi connectivity index (χ1) is 9.22. The molecule has 0 fully saturated rings. The van der Waals surface area contributed by atoms with Gasteiger partial charge in [0.05, 0.1) is 18.6 Å². The Balaban J connectivity index is 1.92. The summed E-state index contributed by atoms with van der Waals surface area (Å²) in [5.41, 5.74) is 0. The molecule has 100 valence electrons. The highest BCUT2D eigenvalue weighted by Gasteiger charge is 2.43. The van der Waals surface area contributed by atoms with E-state index in [1.165, 1.54) is 18.9 Å². The Labute approximate surface area is 113 Å². The molecule has 3 rings (SSSR count). The molecule has 1 unspecified atom stereocenters. The molecule has 0 spiro atoms. The van der Waals surface area contributed by atoms with Crippen LogP contribution in [0.15, 0.2) is 22.8 Å². The van der Waals surface area contributed by atoms with Crippen molar-refractivity contribution < 1.29 is 19.4 Å². The highest BCUT2D eigenvalue weighted by Crippen LogP contribution is 2.38. The van der Waals surface area contributed by atoms with E-state index in [4.69, 9.17) is 9.47 Å². The first kappa shape index (κ1) is 12.2. The molecule has 1 atom stereocenters. The van der Waals surface area contributed by atoms with Crippen LogP contribution in [0.25, 0.3) is 0 Å². The van der Waals surface area contributed by atoms with E-state index < -0.39 is 12.1 Å². The molecule has 2 aliphatic rings. The van der Waals surface area contributed by atoms with Crippen LogP contribution in [0.1, 0.15) is 0 Å². The summed E-state index contributed by atoms with van der Waals surface area (Å²) < 4.78 is 10.2. The van der Waals surface area contributed by atoms with Gasteiger partial charge in [0.15, 0.2) is 17.8 Å². The van der Waals surface area contributed by atoms with E-state index >= 15 is 0 Å². The summed E-state index contributed by atoms with van der Waals surface area (Å²) in [7, 11) is 1.48. The van der Waals surface area contributed by atoms with Crippen molar-refractivity contribution >= 4 is 23.5 Å². The maximum Gasteiger partial charge on any atom is 0.298 e. The second-order valence-corrected chi connectivity index (χ2v) is 5.01. The van der Waals surface area contributed by atoms with E-state index in [0.717, 1.165) is 4.90 Å². The van der Waals surface area contributed by atoms with Gasteiger partial charge in [0.1, 0.15) is 0 Å². The number of nitrogens with zero attached hydrogens (tertiary/aromatic N) is 3. The molecule has 1 aromatic heterocycles. The number of aliphatic hydroxyl groups is 1. The Hall–Kier alpha value is -1.80. The van der Waals surface area contributed by atoms with Gasteiger partial charge in [0, 0.05) is 11.8 Å². The van der Waals surface area contributed by atoms with Crippen LogP contribution in [0, 0.1) is 0 Å². The number of hydrogen-bond donors (Lipinski definition) is 1. The number of aliphatic hydroxyl groups excluding tert-OH is 1. The predicted octanol–water partition coefficient (Wildman–Crippen LogP) is 0.125. The smallest absolute Gasteiger partial charge is 0.298 e. The van der Waals surface area contributed by atoms with Crippen LogP contribution >= 0.6 is 11.8 Å². The maximum atomic E-state index is 12.2. The summed E-state index contributed by atoms with van der Waals surface area (Å²) >= 11 is 1.42. The van der Waals surface area contributed by atoms with E-state index in [9.17, 15) is 9.90 Å². The lowest BCUT2D eigenvalue weighted by Gasteiger charge is -2.19.